The predicted octanol–water partition coefficient (Wildman–Crippen LogP) is 9.04. The molecule has 476 valence electrons. The maximum atomic E-state index is 13.7. The Hall–Kier alpha value is -8.40. The topological polar surface area (TPSA) is 224 Å². The van der Waals surface area contributed by atoms with Crippen LogP contribution in [-0.4, -0.2) is 167 Å². The fourth-order valence-corrected chi connectivity index (χ4v) is 12.2. The molecule has 1 saturated heterocycles. The lowest BCUT2D eigenvalue weighted by atomic mass is 9.90. The number of aromatic nitrogens is 8. The highest BCUT2D eigenvalue weighted by Gasteiger charge is 2.35. The maximum Gasteiger partial charge on any atom is 0.410 e. The molecule has 3 aliphatic carbocycles. The van der Waals surface area contributed by atoms with E-state index in [1.807, 2.05) is 134 Å². The van der Waals surface area contributed by atoms with E-state index in [0.29, 0.717) is 41.4 Å². The molecule has 7 heterocycles. The smallest absolute Gasteiger partial charge is 0.410 e. The summed E-state index contributed by atoms with van der Waals surface area (Å²) < 4.78 is 14.4. The second-order valence-corrected chi connectivity index (χ2v) is 26.3. The molecule has 4 aliphatic rings. The molecule has 3 saturated carbocycles. The van der Waals surface area contributed by atoms with Crippen LogP contribution in [0.2, 0.25) is 0 Å². The van der Waals surface area contributed by atoms with Gasteiger partial charge in [0.1, 0.15) is 16.9 Å². The summed E-state index contributed by atoms with van der Waals surface area (Å²) in [4.78, 5) is 89.9. The summed E-state index contributed by atoms with van der Waals surface area (Å²) in [6.07, 6.45) is 18.9. The average molecular weight is 1240 g/mol. The number of nitrogens with zero attached hydrogens (tertiary/aromatic N) is 11. The van der Waals surface area contributed by atoms with Gasteiger partial charge in [0.15, 0.2) is 11.6 Å². The van der Waals surface area contributed by atoms with Gasteiger partial charge in [-0.25, -0.2) is 24.7 Å². The Labute approximate surface area is 532 Å². The van der Waals surface area contributed by atoms with E-state index in [0.717, 1.165) is 107 Å². The lowest BCUT2D eigenvalue weighted by Gasteiger charge is -2.38. The fraction of sp³-hybridized carbons (Fsp3) is 0.456. The van der Waals surface area contributed by atoms with E-state index in [4.69, 9.17) is 14.7 Å². The van der Waals surface area contributed by atoms with E-state index >= 15 is 0 Å². The third kappa shape index (κ3) is 15.8. The minimum absolute atomic E-state index is 0. The van der Waals surface area contributed by atoms with Crippen molar-refractivity contribution in [3.63, 3.8) is 0 Å². The van der Waals surface area contributed by atoms with Crippen LogP contribution >= 0.6 is 12.4 Å². The first-order chi connectivity index (χ1) is 42.7. The minimum Gasteiger partial charge on any atom is -0.444 e. The van der Waals surface area contributed by atoms with Gasteiger partial charge in [-0.1, -0.05) is 12.2 Å². The van der Waals surface area contributed by atoms with Crippen LogP contribution in [0.15, 0.2) is 109 Å². The Kier molecular flexibility index (Phi) is 19.9. The molecule has 5 amide bonds. The number of hydrogen-bond donors (Lipinski definition) is 4. The van der Waals surface area contributed by atoms with Crippen LogP contribution in [0, 0.1) is 11.8 Å². The molecule has 0 bridgehead atoms. The van der Waals surface area contributed by atoms with Crippen LogP contribution in [-0.2, 0) is 41.5 Å². The standard InChI is InChI=1S/C36H46N8O4.C32H39N7O2.ClH/c1-36(2,3)48-35(47)43-21-26(38-31(45)10-8-16-41(4)5)19-27(22-43)39-34(46)25-13-14-29-28(17-25)40-33(42(29)6)30-18-24-9-7-15-37-32(24)44(30)20-23-11-12-23;1-37(2)16-6-10-29(40)34-24-8-4-9-25(19-24)35-32(41)23-13-14-27-26(17-23)36-31(38(27)3)28-18-22-7-5-15-33-30(22)39(28)20-21-11-12-21;/h7-10,13-15,17-18,23,26-27H,11-12,16,19-22H2,1-6H3,(H,38,45)(H,39,46);5-7,10,13-15,17-18,21,24-25H,4,8-9,11-12,16,19-20H2,1-3H3,(H,34,40)(H,35,41);1H/b10-8+;10-6+;/t26-,27+;24-,25+;/m10./s1. The van der Waals surface area contributed by atoms with Crippen LogP contribution in [0.3, 0.4) is 0 Å². The van der Waals surface area contributed by atoms with Crippen molar-refractivity contribution >= 4 is 86.3 Å². The average Bonchev–Trinajstić information content (AvgIpc) is 1.62. The molecule has 22 heteroatoms. The summed E-state index contributed by atoms with van der Waals surface area (Å²) in [5.74, 6) is 2.35. The second-order valence-electron chi connectivity index (χ2n) is 26.3. The van der Waals surface area contributed by atoms with Gasteiger partial charge in [0, 0.05) is 124 Å². The van der Waals surface area contributed by atoms with Gasteiger partial charge in [-0.3, -0.25) is 19.2 Å². The molecule has 1 aliphatic heterocycles. The van der Waals surface area contributed by atoms with Gasteiger partial charge in [0.2, 0.25) is 11.8 Å². The lowest BCUT2D eigenvalue weighted by Crippen LogP contribution is -2.58. The highest BCUT2D eigenvalue weighted by Crippen LogP contribution is 2.38. The van der Waals surface area contributed by atoms with Crippen LogP contribution < -0.4 is 21.3 Å². The molecule has 90 heavy (non-hydrogen) atoms. The molecule has 4 N–H and O–H groups in total. The number of nitrogens with one attached hydrogen (secondary N) is 4. The molecular weight excluding hydrogens is 1160 g/mol. The predicted molar refractivity (Wildman–Crippen MR) is 354 cm³/mol. The Morgan fingerprint density at radius 1 is 0.589 bits per heavy atom. The van der Waals surface area contributed by atoms with Crippen molar-refractivity contribution in [2.75, 3.05) is 54.4 Å². The van der Waals surface area contributed by atoms with Gasteiger partial charge in [-0.2, -0.15) is 0 Å². The number of amides is 5. The molecule has 21 nitrogen and oxygen atoms in total. The quantitative estimate of drug-likeness (QED) is 0.0591. The number of likely N-dealkylation sites (tertiary alicyclic amines) is 1. The summed E-state index contributed by atoms with van der Waals surface area (Å²) >= 11 is 0. The Morgan fingerprint density at radius 3 is 1.48 bits per heavy atom. The van der Waals surface area contributed by atoms with Crippen molar-refractivity contribution in [1.82, 2.24) is 74.2 Å². The second kappa shape index (κ2) is 27.8. The first kappa shape index (κ1) is 64.6. The van der Waals surface area contributed by atoms with Crippen LogP contribution in [0.1, 0.15) is 99.3 Å². The molecule has 6 aromatic heterocycles. The van der Waals surface area contributed by atoms with E-state index in [1.165, 1.54) is 31.8 Å². The zero-order chi connectivity index (χ0) is 62.7. The summed E-state index contributed by atoms with van der Waals surface area (Å²) in [5, 5.41) is 14.6. The maximum absolute atomic E-state index is 13.7. The number of hydrogen-bond acceptors (Lipinski definition) is 12. The number of halogens is 1. The van der Waals surface area contributed by atoms with E-state index in [9.17, 15) is 24.0 Å². The number of rotatable bonds is 18. The molecule has 4 atom stereocenters. The van der Waals surface area contributed by atoms with Crippen molar-refractivity contribution in [1.29, 1.82) is 0 Å². The summed E-state index contributed by atoms with van der Waals surface area (Å²) in [5.41, 5.74) is 7.81. The monoisotopic (exact) mass is 1240 g/mol. The number of aryl methyl sites for hydroxylation is 2. The number of piperidine rings is 1. The number of carbonyl (C=O) groups is 5. The normalized spacial score (nSPS) is 18.8. The number of ether oxygens (including phenoxy) is 1. The molecule has 8 aromatic rings. The largest absolute Gasteiger partial charge is 0.444 e. The van der Waals surface area contributed by atoms with Crippen molar-refractivity contribution in [2.45, 2.75) is 121 Å². The van der Waals surface area contributed by atoms with E-state index in [1.54, 1.807) is 23.1 Å². The van der Waals surface area contributed by atoms with Gasteiger partial charge in [-0.15, -0.1) is 12.4 Å². The summed E-state index contributed by atoms with van der Waals surface area (Å²) in [7, 11) is 11.8. The number of pyridine rings is 2. The highest BCUT2D eigenvalue weighted by atomic mass is 35.5. The van der Waals surface area contributed by atoms with Crippen molar-refractivity contribution in [3.8, 4) is 23.0 Å². The molecule has 4 fully saturated rings. The molecule has 0 unspecified atom stereocenters. The highest BCUT2D eigenvalue weighted by molar-refractivity contribution is 5.99. The Bertz CT molecular complexity index is 3990. The van der Waals surface area contributed by atoms with Gasteiger partial charge < -0.3 is 59.0 Å². The zero-order valence-corrected chi connectivity index (χ0v) is 54.1. The molecular formula is C68H86ClN15O6. The molecule has 0 radical (unpaired) electrons. The SMILES string of the molecule is CN(C)C/C=C/C(=O)N[C@@H]1C[C@H](NC(=O)c2ccc3c(c2)nc(-c2cc4cccnc4n2CC2CC2)n3C)CN(C(=O)OC(C)(C)C)C1.CN(C)C/C=C/C(=O)N[C@H]1CCC[C@@H](NC(=O)c2ccc3c(c2)nc(-c2cc4cccnc4n2CC2CC2)n3C)C1.Cl. The minimum atomic E-state index is -0.680. The zero-order valence-electron chi connectivity index (χ0n) is 53.2. The summed E-state index contributed by atoms with van der Waals surface area (Å²) in [6.45, 7) is 9.18. The third-order valence-corrected chi connectivity index (χ3v) is 16.9. The van der Waals surface area contributed by atoms with Gasteiger partial charge in [0.05, 0.1) is 33.5 Å². The number of carbonyl (C=O) groups excluding carboxylic acids is 5. The van der Waals surface area contributed by atoms with Crippen molar-refractivity contribution in [3.05, 3.63) is 121 Å². The first-order valence-electron chi connectivity index (χ1n) is 31.4. The lowest BCUT2D eigenvalue weighted by molar-refractivity contribution is -0.118. The van der Waals surface area contributed by atoms with Gasteiger partial charge >= 0.3 is 6.09 Å². The van der Waals surface area contributed by atoms with Crippen LogP contribution in [0.4, 0.5) is 4.79 Å². The van der Waals surface area contributed by atoms with Gasteiger partial charge in [0.25, 0.3) is 11.8 Å². The van der Waals surface area contributed by atoms with Gasteiger partial charge in [-0.05, 0) is 191 Å². The Morgan fingerprint density at radius 2 is 1.02 bits per heavy atom. The fourth-order valence-electron chi connectivity index (χ4n) is 12.2. The third-order valence-electron chi connectivity index (χ3n) is 16.9. The van der Waals surface area contributed by atoms with E-state index in [2.05, 4.69) is 73.8 Å². The van der Waals surface area contributed by atoms with E-state index < -0.39 is 17.7 Å². The van der Waals surface area contributed by atoms with E-state index in [-0.39, 0.29) is 67.3 Å². The van der Waals surface area contributed by atoms with Crippen molar-refractivity contribution < 1.29 is 28.7 Å². The van der Waals surface area contributed by atoms with Crippen molar-refractivity contribution in [2.24, 2.45) is 25.9 Å². The number of imidazole rings is 2. The molecule has 2 aromatic carbocycles. The number of fused-ring (bicyclic) bond motifs is 4. The number of benzene rings is 2. The Balaban J connectivity index is 0.000000198. The summed E-state index contributed by atoms with van der Waals surface area (Å²) in [6, 6.07) is 23.0. The van der Waals surface area contributed by atoms with Crippen LogP contribution in [0.25, 0.3) is 67.2 Å². The first-order valence-corrected chi connectivity index (χ1v) is 31.4. The number of likely N-dealkylation sites (N-methyl/N-ethyl adjacent to an activating group) is 2. The molecule has 0 spiro atoms. The molecule has 12 rings (SSSR count). The van der Waals surface area contributed by atoms with Crippen LogP contribution in [0.5, 0.6) is 0 Å².